The molecule has 0 aromatic rings. The predicted octanol–water partition coefficient (Wildman–Crippen LogP) is 1.26. The second-order valence-corrected chi connectivity index (χ2v) is 5.47. The second kappa shape index (κ2) is 4.12. The maximum Gasteiger partial charge on any atom is 0.222 e. The fourth-order valence-electron chi connectivity index (χ4n) is 2.92. The zero-order chi connectivity index (χ0) is 11.0. The zero-order valence-electron chi connectivity index (χ0n) is 9.65. The molecule has 1 aliphatic carbocycles. The standard InChI is InChI=1S/C12H21NO2/c1-8(2)5-12(15)13-6-9-3-4-11(14)10(9)7-13/h8-11,14H,3-7H2,1-2H3. The Kier molecular flexibility index (Phi) is 3.01. The molecule has 0 aromatic heterocycles. The Bertz CT molecular complexity index is 252. The monoisotopic (exact) mass is 211 g/mol. The van der Waals surface area contributed by atoms with Gasteiger partial charge in [0, 0.05) is 25.4 Å². The summed E-state index contributed by atoms with van der Waals surface area (Å²) < 4.78 is 0. The van der Waals surface area contributed by atoms with E-state index in [9.17, 15) is 9.90 Å². The molecule has 3 heteroatoms. The van der Waals surface area contributed by atoms with Crippen molar-refractivity contribution in [1.29, 1.82) is 0 Å². The lowest BCUT2D eigenvalue weighted by molar-refractivity contribution is -0.131. The Labute approximate surface area is 91.5 Å². The van der Waals surface area contributed by atoms with Crippen LogP contribution < -0.4 is 0 Å². The Morgan fingerprint density at radius 3 is 2.73 bits per heavy atom. The van der Waals surface area contributed by atoms with Crippen molar-refractivity contribution in [2.24, 2.45) is 17.8 Å². The highest BCUT2D eigenvalue weighted by atomic mass is 16.3. The van der Waals surface area contributed by atoms with Gasteiger partial charge in [0.2, 0.25) is 5.91 Å². The number of rotatable bonds is 2. The van der Waals surface area contributed by atoms with Gasteiger partial charge in [0.15, 0.2) is 0 Å². The van der Waals surface area contributed by atoms with Crippen LogP contribution in [0.5, 0.6) is 0 Å². The van der Waals surface area contributed by atoms with Crippen LogP contribution in [0.3, 0.4) is 0 Å². The largest absolute Gasteiger partial charge is 0.393 e. The van der Waals surface area contributed by atoms with Crippen LogP contribution in [0.1, 0.15) is 33.1 Å². The lowest BCUT2D eigenvalue weighted by atomic mass is 10.00. The molecule has 2 aliphatic rings. The predicted molar refractivity (Wildman–Crippen MR) is 58.3 cm³/mol. The van der Waals surface area contributed by atoms with Crippen LogP contribution in [0.4, 0.5) is 0 Å². The molecule has 1 aliphatic heterocycles. The summed E-state index contributed by atoms with van der Waals surface area (Å²) in [5.41, 5.74) is 0. The van der Waals surface area contributed by atoms with Crippen LogP contribution in [0, 0.1) is 17.8 Å². The molecule has 86 valence electrons. The van der Waals surface area contributed by atoms with Crippen molar-refractivity contribution in [3.8, 4) is 0 Å². The molecule has 2 rings (SSSR count). The molecule has 1 saturated heterocycles. The molecule has 1 saturated carbocycles. The van der Waals surface area contributed by atoms with E-state index >= 15 is 0 Å². The highest BCUT2D eigenvalue weighted by Gasteiger charge is 2.43. The second-order valence-electron chi connectivity index (χ2n) is 5.47. The van der Waals surface area contributed by atoms with Gasteiger partial charge in [0.05, 0.1) is 6.10 Å². The number of hydrogen-bond donors (Lipinski definition) is 1. The topological polar surface area (TPSA) is 40.5 Å². The van der Waals surface area contributed by atoms with E-state index in [1.807, 2.05) is 4.90 Å². The van der Waals surface area contributed by atoms with Gasteiger partial charge < -0.3 is 10.0 Å². The van der Waals surface area contributed by atoms with Gasteiger partial charge >= 0.3 is 0 Å². The Morgan fingerprint density at radius 2 is 2.13 bits per heavy atom. The minimum absolute atomic E-state index is 0.160. The third-order valence-electron chi connectivity index (χ3n) is 3.75. The number of carbonyl (C=O) groups is 1. The normalized spacial score (nSPS) is 34.9. The molecule has 3 atom stereocenters. The number of nitrogens with zero attached hydrogens (tertiary/aromatic N) is 1. The molecule has 0 bridgehead atoms. The minimum Gasteiger partial charge on any atom is -0.393 e. The van der Waals surface area contributed by atoms with E-state index in [0.717, 1.165) is 25.9 Å². The Balaban J connectivity index is 1.90. The number of likely N-dealkylation sites (tertiary alicyclic amines) is 1. The van der Waals surface area contributed by atoms with E-state index in [1.165, 1.54) is 0 Å². The molecular formula is C12H21NO2. The lowest BCUT2D eigenvalue weighted by Crippen LogP contribution is -2.31. The van der Waals surface area contributed by atoms with Crippen molar-refractivity contribution < 1.29 is 9.90 Å². The summed E-state index contributed by atoms with van der Waals surface area (Å²) >= 11 is 0. The van der Waals surface area contributed by atoms with Gasteiger partial charge in [-0.3, -0.25) is 4.79 Å². The molecule has 3 nitrogen and oxygen atoms in total. The summed E-state index contributed by atoms with van der Waals surface area (Å²) in [5.74, 6) is 1.63. The highest BCUT2D eigenvalue weighted by Crippen LogP contribution is 2.38. The van der Waals surface area contributed by atoms with Crippen molar-refractivity contribution in [1.82, 2.24) is 4.90 Å². The summed E-state index contributed by atoms with van der Waals surface area (Å²) in [7, 11) is 0. The maximum atomic E-state index is 11.8. The average Bonchev–Trinajstić information content (AvgIpc) is 2.67. The van der Waals surface area contributed by atoms with Gasteiger partial charge in [-0.1, -0.05) is 13.8 Å². The molecule has 3 unspecified atom stereocenters. The molecule has 1 N–H and O–H groups in total. The van der Waals surface area contributed by atoms with E-state index in [2.05, 4.69) is 13.8 Å². The third-order valence-corrected chi connectivity index (χ3v) is 3.75. The van der Waals surface area contributed by atoms with Gasteiger partial charge in [0.25, 0.3) is 0 Å². The average molecular weight is 211 g/mol. The zero-order valence-corrected chi connectivity index (χ0v) is 9.65. The molecule has 1 amide bonds. The maximum absolute atomic E-state index is 11.8. The molecule has 0 aromatic carbocycles. The smallest absolute Gasteiger partial charge is 0.222 e. The number of amides is 1. The van der Waals surface area contributed by atoms with Gasteiger partial charge in [0.1, 0.15) is 0 Å². The molecule has 0 spiro atoms. The molecular weight excluding hydrogens is 190 g/mol. The first-order valence-electron chi connectivity index (χ1n) is 6.03. The number of fused-ring (bicyclic) bond motifs is 1. The number of hydrogen-bond acceptors (Lipinski definition) is 2. The SMILES string of the molecule is CC(C)CC(=O)N1CC2CCC(O)C2C1. The summed E-state index contributed by atoms with van der Waals surface area (Å²) in [4.78, 5) is 13.8. The van der Waals surface area contributed by atoms with E-state index in [4.69, 9.17) is 0 Å². The van der Waals surface area contributed by atoms with Crippen LogP contribution in [0.2, 0.25) is 0 Å². The van der Waals surface area contributed by atoms with Crippen molar-refractivity contribution in [2.75, 3.05) is 13.1 Å². The fraction of sp³-hybridized carbons (Fsp3) is 0.917. The summed E-state index contributed by atoms with van der Waals surface area (Å²) in [5, 5.41) is 9.74. The van der Waals surface area contributed by atoms with Crippen LogP contribution in [-0.2, 0) is 4.79 Å². The molecule has 2 fully saturated rings. The highest BCUT2D eigenvalue weighted by molar-refractivity contribution is 5.76. The van der Waals surface area contributed by atoms with Crippen LogP contribution in [0.25, 0.3) is 0 Å². The summed E-state index contributed by atoms with van der Waals surface area (Å²) in [6.07, 6.45) is 2.51. The minimum atomic E-state index is -0.160. The van der Waals surface area contributed by atoms with E-state index in [1.54, 1.807) is 0 Å². The summed E-state index contributed by atoms with van der Waals surface area (Å²) in [6, 6.07) is 0. The van der Waals surface area contributed by atoms with Gasteiger partial charge in [-0.05, 0) is 24.7 Å². The van der Waals surface area contributed by atoms with Crippen LogP contribution in [-0.4, -0.2) is 35.1 Å². The molecule has 1 heterocycles. The first kappa shape index (κ1) is 10.9. The first-order chi connectivity index (χ1) is 7.08. The van der Waals surface area contributed by atoms with Gasteiger partial charge in [-0.15, -0.1) is 0 Å². The van der Waals surface area contributed by atoms with Crippen molar-refractivity contribution in [3.63, 3.8) is 0 Å². The number of aliphatic hydroxyl groups is 1. The molecule has 15 heavy (non-hydrogen) atoms. The number of carbonyl (C=O) groups excluding carboxylic acids is 1. The van der Waals surface area contributed by atoms with Gasteiger partial charge in [-0.2, -0.15) is 0 Å². The van der Waals surface area contributed by atoms with Crippen LogP contribution >= 0.6 is 0 Å². The van der Waals surface area contributed by atoms with Crippen molar-refractivity contribution >= 4 is 5.91 Å². The summed E-state index contributed by atoms with van der Waals surface area (Å²) in [6.45, 7) is 5.82. The quantitative estimate of drug-likeness (QED) is 0.747. The fourth-order valence-corrected chi connectivity index (χ4v) is 2.92. The van der Waals surface area contributed by atoms with Crippen LogP contribution in [0.15, 0.2) is 0 Å². The first-order valence-corrected chi connectivity index (χ1v) is 6.03. The van der Waals surface area contributed by atoms with E-state index < -0.39 is 0 Å². The van der Waals surface area contributed by atoms with Crippen molar-refractivity contribution in [3.05, 3.63) is 0 Å². The third kappa shape index (κ3) is 2.17. The van der Waals surface area contributed by atoms with E-state index in [-0.39, 0.29) is 12.0 Å². The molecule has 0 radical (unpaired) electrons. The number of aliphatic hydroxyl groups excluding tert-OH is 1. The Hall–Kier alpha value is -0.570. The lowest BCUT2D eigenvalue weighted by Gasteiger charge is -2.19. The van der Waals surface area contributed by atoms with Gasteiger partial charge in [-0.25, -0.2) is 0 Å². The van der Waals surface area contributed by atoms with Crippen molar-refractivity contribution in [2.45, 2.75) is 39.2 Å². The van der Waals surface area contributed by atoms with E-state index in [0.29, 0.717) is 24.2 Å². The Morgan fingerprint density at radius 1 is 1.40 bits per heavy atom.